The highest BCUT2D eigenvalue weighted by Gasteiger charge is 2.35. The summed E-state index contributed by atoms with van der Waals surface area (Å²) in [6.45, 7) is 0. The van der Waals surface area contributed by atoms with Crippen LogP contribution in [0.25, 0.3) is 22.3 Å². The van der Waals surface area contributed by atoms with E-state index in [1.165, 1.54) is 24.4 Å². The molecule has 0 spiro atoms. The van der Waals surface area contributed by atoms with Gasteiger partial charge in [-0.05, 0) is 48.1 Å². The Labute approximate surface area is 254 Å². The summed E-state index contributed by atoms with van der Waals surface area (Å²) in [6, 6.07) is 20.8. The van der Waals surface area contributed by atoms with Crippen LogP contribution in [0.3, 0.4) is 0 Å². The first-order chi connectivity index (χ1) is 21.2. The van der Waals surface area contributed by atoms with E-state index in [4.69, 9.17) is 10.5 Å². The molecule has 1 atom stereocenters. The first-order valence-corrected chi connectivity index (χ1v) is 14.5. The minimum absolute atomic E-state index is 0.0558. The number of alkyl halides is 3. The number of hydrogen-bond acceptors (Lipinski definition) is 7. The highest BCUT2D eigenvalue weighted by molar-refractivity contribution is 5.82. The van der Waals surface area contributed by atoms with E-state index < -0.39 is 23.8 Å². The molecule has 0 unspecified atom stereocenters. The van der Waals surface area contributed by atoms with Gasteiger partial charge in [-0.25, -0.2) is 9.78 Å². The highest BCUT2D eigenvalue weighted by atomic mass is 19.4. The first kappa shape index (κ1) is 30.7. The number of carbonyl (C=O) groups is 1. The smallest absolute Gasteiger partial charge is 0.405 e. The molecule has 3 aromatic carbocycles. The number of esters is 1. The van der Waals surface area contributed by atoms with Crippen molar-refractivity contribution >= 4 is 11.9 Å². The number of rotatable bonds is 8. The van der Waals surface area contributed by atoms with Crippen LogP contribution in [0.5, 0.6) is 5.88 Å². The topological polar surface area (TPSA) is 105 Å². The number of aromatic nitrogens is 2. The van der Waals surface area contributed by atoms with Crippen LogP contribution in [-0.4, -0.2) is 35.1 Å². The van der Waals surface area contributed by atoms with Crippen molar-refractivity contribution in [1.82, 2.24) is 9.97 Å². The Morgan fingerprint density at radius 3 is 2.34 bits per heavy atom. The molecular formula is C34H32F3N5O2. The van der Waals surface area contributed by atoms with Crippen molar-refractivity contribution in [2.45, 2.75) is 56.8 Å². The van der Waals surface area contributed by atoms with Gasteiger partial charge in [-0.2, -0.15) is 23.4 Å². The lowest BCUT2D eigenvalue weighted by Crippen LogP contribution is -2.37. The van der Waals surface area contributed by atoms with Crippen LogP contribution < -0.4 is 15.4 Å². The quantitative estimate of drug-likeness (QED) is 0.219. The molecule has 10 heteroatoms. The molecule has 7 nitrogen and oxygen atoms in total. The van der Waals surface area contributed by atoms with E-state index in [1.54, 1.807) is 12.1 Å². The third-order valence-electron chi connectivity index (χ3n) is 7.97. The SMILES string of the molecule is CN(c1ncc(-c2ccccc2C(F)(F)F)c(OC(=O)[C@@H](N)Cc2ccc(-c3ccccc3C#N)cc2)n1)C1CCCCC1. The second-order valence-corrected chi connectivity index (χ2v) is 10.9. The molecule has 226 valence electrons. The fourth-order valence-electron chi connectivity index (χ4n) is 5.55. The Bertz CT molecular complexity index is 1660. The second-order valence-electron chi connectivity index (χ2n) is 10.9. The molecule has 1 heterocycles. The number of nitrogens with zero attached hydrogens (tertiary/aromatic N) is 4. The predicted octanol–water partition coefficient (Wildman–Crippen LogP) is 6.95. The van der Waals surface area contributed by atoms with Gasteiger partial charge in [-0.1, -0.05) is 79.9 Å². The van der Waals surface area contributed by atoms with Gasteiger partial charge in [-0.3, -0.25) is 0 Å². The van der Waals surface area contributed by atoms with Gasteiger partial charge in [0.1, 0.15) is 6.04 Å². The molecule has 0 saturated heterocycles. The zero-order chi connectivity index (χ0) is 31.3. The summed E-state index contributed by atoms with van der Waals surface area (Å²) in [5, 5.41) is 9.41. The lowest BCUT2D eigenvalue weighted by Gasteiger charge is -2.31. The van der Waals surface area contributed by atoms with Gasteiger partial charge >= 0.3 is 12.1 Å². The standard InChI is InChI=1S/C34H32F3N5O2/c1-42(25-10-3-2-4-11-25)33-40-21-28(27-13-7-8-14-29(27)34(35,36)37)31(41-33)44-32(43)30(39)19-22-15-17-23(18-16-22)26-12-6-5-9-24(26)20-38/h5-9,12-18,21,25,30H,2-4,10-11,19,39H2,1H3/t30-/m0/s1. The molecule has 1 fully saturated rings. The van der Waals surface area contributed by atoms with Crippen LogP contribution in [0.2, 0.25) is 0 Å². The summed E-state index contributed by atoms with van der Waals surface area (Å²) >= 11 is 0. The summed E-state index contributed by atoms with van der Waals surface area (Å²) in [6.07, 6.45) is 1.91. The normalized spacial score (nSPS) is 14.5. The fourth-order valence-corrected chi connectivity index (χ4v) is 5.55. The van der Waals surface area contributed by atoms with Crippen molar-refractivity contribution in [2.75, 3.05) is 11.9 Å². The van der Waals surface area contributed by atoms with Crippen LogP contribution in [0, 0.1) is 11.3 Å². The molecule has 0 aliphatic heterocycles. The molecule has 2 N–H and O–H groups in total. The van der Waals surface area contributed by atoms with Crippen LogP contribution in [-0.2, 0) is 17.4 Å². The van der Waals surface area contributed by atoms with Gasteiger partial charge in [0.05, 0.1) is 22.8 Å². The third-order valence-corrected chi connectivity index (χ3v) is 7.97. The minimum atomic E-state index is -4.65. The van der Waals surface area contributed by atoms with Gasteiger partial charge in [0.2, 0.25) is 11.8 Å². The van der Waals surface area contributed by atoms with Crippen LogP contribution in [0.15, 0.2) is 79.0 Å². The number of carbonyl (C=O) groups excluding carboxylic acids is 1. The zero-order valence-corrected chi connectivity index (χ0v) is 24.2. The Morgan fingerprint density at radius 1 is 1.00 bits per heavy atom. The number of nitrogens with two attached hydrogens (primary N) is 1. The molecule has 1 aromatic heterocycles. The van der Waals surface area contributed by atoms with Crippen molar-refractivity contribution in [3.05, 3.63) is 95.7 Å². The fraction of sp³-hybridized carbons (Fsp3) is 0.294. The molecular weight excluding hydrogens is 567 g/mol. The largest absolute Gasteiger partial charge is 0.417 e. The second kappa shape index (κ2) is 13.3. The van der Waals surface area contributed by atoms with E-state index in [1.807, 2.05) is 48.3 Å². The summed E-state index contributed by atoms with van der Waals surface area (Å²) in [7, 11) is 1.84. The minimum Gasteiger partial charge on any atom is -0.405 e. The van der Waals surface area contributed by atoms with Crippen molar-refractivity contribution in [3.63, 3.8) is 0 Å². The van der Waals surface area contributed by atoms with Crippen molar-refractivity contribution in [3.8, 4) is 34.2 Å². The van der Waals surface area contributed by atoms with E-state index in [0.29, 0.717) is 5.56 Å². The molecule has 0 radical (unpaired) electrons. The average Bonchev–Trinajstić information content (AvgIpc) is 3.04. The summed E-state index contributed by atoms with van der Waals surface area (Å²) in [5.74, 6) is -0.854. The summed E-state index contributed by atoms with van der Waals surface area (Å²) in [4.78, 5) is 24.0. The van der Waals surface area contributed by atoms with Crippen LogP contribution in [0.4, 0.5) is 19.1 Å². The Kier molecular flexibility index (Phi) is 9.26. The van der Waals surface area contributed by atoms with Crippen LogP contribution in [0.1, 0.15) is 48.8 Å². The van der Waals surface area contributed by atoms with Crippen LogP contribution >= 0.6 is 0 Å². The predicted molar refractivity (Wildman–Crippen MR) is 162 cm³/mol. The summed E-state index contributed by atoms with van der Waals surface area (Å²) in [5.41, 5.74) is 8.01. The molecule has 0 amide bonds. The molecule has 5 rings (SSSR count). The Hall–Kier alpha value is -4.75. The van der Waals surface area contributed by atoms with Crippen molar-refractivity contribution in [2.24, 2.45) is 5.73 Å². The number of nitriles is 1. The lowest BCUT2D eigenvalue weighted by atomic mass is 9.95. The maximum Gasteiger partial charge on any atom is 0.417 e. The number of anilines is 1. The molecule has 0 bridgehead atoms. The van der Waals surface area contributed by atoms with E-state index in [0.717, 1.165) is 54.9 Å². The summed E-state index contributed by atoms with van der Waals surface area (Å²) < 4.78 is 47.5. The van der Waals surface area contributed by atoms with Gasteiger partial charge < -0.3 is 15.4 Å². The van der Waals surface area contributed by atoms with E-state index in [-0.39, 0.29) is 35.4 Å². The van der Waals surface area contributed by atoms with Gasteiger partial charge in [0.25, 0.3) is 0 Å². The Morgan fingerprint density at radius 2 is 1.66 bits per heavy atom. The first-order valence-electron chi connectivity index (χ1n) is 14.5. The van der Waals surface area contributed by atoms with E-state index in [2.05, 4.69) is 16.0 Å². The number of benzene rings is 3. The average molecular weight is 600 g/mol. The molecule has 1 saturated carbocycles. The maximum atomic E-state index is 13.9. The molecule has 44 heavy (non-hydrogen) atoms. The van der Waals surface area contributed by atoms with E-state index in [9.17, 15) is 23.2 Å². The number of halogens is 3. The van der Waals surface area contributed by atoms with E-state index >= 15 is 0 Å². The highest BCUT2D eigenvalue weighted by Crippen LogP contribution is 2.40. The molecule has 4 aromatic rings. The zero-order valence-electron chi connectivity index (χ0n) is 24.2. The Balaban J connectivity index is 1.41. The van der Waals surface area contributed by atoms with Gasteiger partial charge in [0, 0.05) is 24.8 Å². The van der Waals surface area contributed by atoms with Crippen molar-refractivity contribution < 1.29 is 22.7 Å². The molecule has 1 aliphatic carbocycles. The van der Waals surface area contributed by atoms with Crippen molar-refractivity contribution in [1.29, 1.82) is 5.26 Å². The van der Waals surface area contributed by atoms with Gasteiger partial charge in [0.15, 0.2) is 0 Å². The monoisotopic (exact) mass is 599 g/mol. The number of ether oxygens (including phenoxy) is 1. The number of hydrogen-bond donors (Lipinski definition) is 1. The lowest BCUT2D eigenvalue weighted by molar-refractivity contribution is -0.137. The third kappa shape index (κ3) is 6.90. The maximum absolute atomic E-state index is 13.9. The van der Waals surface area contributed by atoms with Gasteiger partial charge in [-0.15, -0.1) is 0 Å². The molecule has 1 aliphatic rings.